The summed E-state index contributed by atoms with van der Waals surface area (Å²) >= 11 is 0. The third kappa shape index (κ3) is 5.16. The van der Waals surface area contributed by atoms with Crippen molar-refractivity contribution >= 4 is 12.0 Å². The summed E-state index contributed by atoms with van der Waals surface area (Å²) in [6.07, 6.45) is 3.08. The van der Waals surface area contributed by atoms with Gasteiger partial charge in [0.1, 0.15) is 5.60 Å². The molecule has 126 valence electrons. The molecule has 0 unspecified atom stereocenters. The Hall–Kier alpha value is -1.30. The van der Waals surface area contributed by atoms with Gasteiger partial charge in [-0.05, 0) is 46.5 Å². The van der Waals surface area contributed by atoms with Crippen LogP contribution in [0.1, 0.15) is 46.5 Å². The molecule has 0 saturated carbocycles. The van der Waals surface area contributed by atoms with E-state index in [0.29, 0.717) is 26.3 Å². The van der Waals surface area contributed by atoms with Gasteiger partial charge in [-0.25, -0.2) is 4.79 Å². The Bertz CT molecular complexity index is 399. The first-order valence-corrected chi connectivity index (χ1v) is 8.21. The molecule has 6 nitrogen and oxygen atoms in total. The van der Waals surface area contributed by atoms with Gasteiger partial charge in [0.05, 0.1) is 0 Å². The lowest BCUT2D eigenvalue weighted by atomic mass is 9.98. The molecule has 1 atom stereocenters. The van der Waals surface area contributed by atoms with E-state index in [-0.39, 0.29) is 24.0 Å². The molecule has 6 heteroatoms. The van der Waals surface area contributed by atoms with Gasteiger partial charge >= 0.3 is 6.09 Å². The molecule has 0 aromatic carbocycles. The molecule has 1 N–H and O–H groups in total. The lowest BCUT2D eigenvalue weighted by Crippen LogP contribution is -2.52. The number of nitrogens with one attached hydrogen (secondary N) is 1. The van der Waals surface area contributed by atoms with E-state index >= 15 is 0 Å². The van der Waals surface area contributed by atoms with Crippen LogP contribution in [-0.4, -0.2) is 54.8 Å². The summed E-state index contributed by atoms with van der Waals surface area (Å²) in [7, 11) is 0. The van der Waals surface area contributed by atoms with Gasteiger partial charge in [0, 0.05) is 38.3 Å². The molecule has 2 aliphatic rings. The van der Waals surface area contributed by atoms with E-state index in [1.54, 1.807) is 4.90 Å². The van der Waals surface area contributed by atoms with Gasteiger partial charge in [-0.1, -0.05) is 0 Å². The molecule has 0 bridgehead atoms. The van der Waals surface area contributed by atoms with Crippen LogP contribution in [0.25, 0.3) is 0 Å². The van der Waals surface area contributed by atoms with Crippen LogP contribution in [0.15, 0.2) is 0 Å². The molecule has 2 rings (SSSR count). The molecular formula is C16H28N2O4. The standard InChI is InChI=1S/C16H28N2O4/c1-16(2,3)22-15(20)18-8-4-5-13(11-18)17-14(19)12-6-9-21-10-7-12/h12-13H,4-11H2,1-3H3,(H,17,19)/t13-/m0/s1. The number of nitrogens with zero attached hydrogens (tertiary/aromatic N) is 1. The molecule has 2 aliphatic heterocycles. The molecule has 0 aromatic rings. The van der Waals surface area contributed by atoms with Crippen molar-refractivity contribution in [3.8, 4) is 0 Å². The van der Waals surface area contributed by atoms with Crippen LogP contribution in [0.4, 0.5) is 4.79 Å². The fraction of sp³-hybridized carbons (Fsp3) is 0.875. The monoisotopic (exact) mass is 312 g/mol. The van der Waals surface area contributed by atoms with Crippen LogP contribution in [-0.2, 0) is 14.3 Å². The van der Waals surface area contributed by atoms with Gasteiger partial charge in [0.2, 0.25) is 5.91 Å². The van der Waals surface area contributed by atoms with Crippen LogP contribution in [0.3, 0.4) is 0 Å². The molecule has 22 heavy (non-hydrogen) atoms. The fourth-order valence-corrected chi connectivity index (χ4v) is 2.87. The fourth-order valence-electron chi connectivity index (χ4n) is 2.87. The van der Waals surface area contributed by atoms with E-state index in [1.807, 2.05) is 20.8 Å². The quantitative estimate of drug-likeness (QED) is 0.846. The first-order valence-electron chi connectivity index (χ1n) is 8.21. The predicted octanol–water partition coefficient (Wildman–Crippen LogP) is 1.93. The molecule has 0 spiro atoms. The van der Waals surface area contributed by atoms with Crippen LogP contribution in [0, 0.1) is 5.92 Å². The van der Waals surface area contributed by atoms with Crippen molar-refractivity contribution in [1.29, 1.82) is 0 Å². The topological polar surface area (TPSA) is 67.9 Å². The minimum atomic E-state index is -0.491. The molecule has 0 aliphatic carbocycles. The van der Waals surface area contributed by atoms with Gasteiger partial charge in [0.15, 0.2) is 0 Å². The highest BCUT2D eigenvalue weighted by Gasteiger charge is 2.30. The molecule has 2 amide bonds. The Labute approximate surface area is 132 Å². The second kappa shape index (κ2) is 7.31. The van der Waals surface area contributed by atoms with Crippen molar-refractivity contribution in [1.82, 2.24) is 10.2 Å². The number of rotatable bonds is 2. The lowest BCUT2D eigenvalue weighted by Gasteiger charge is -2.35. The zero-order valence-electron chi connectivity index (χ0n) is 13.9. The zero-order valence-corrected chi connectivity index (χ0v) is 13.9. The number of amides is 2. The summed E-state index contributed by atoms with van der Waals surface area (Å²) in [4.78, 5) is 26.1. The van der Waals surface area contributed by atoms with Crippen molar-refractivity contribution in [2.24, 2.45) is 5.92 Å². The molecule has 2 saturated heterocycles. The average Bonchev–Trinajstić information content (AvgIpc) is 2.46. The predicted molar refractivity (Wildman–Crippen MR) is 82.5 cm³/mol. The highest BCUT2D eigenvalue weighted by molar-refractivity contribution is 5.79. The minimum Gasteiger partial charge on any atom is -0.444 e. The van der Waals surface area contributed by atoms with Crippen molar-refractivity contribution in [3.63, 3.8) is 0 Å². The largest absolute Gasteiger partial charge is 0.444 e. The van der Waals surface area contributed by atoms with E-state index < -0.39 is 5.60 Å². The summed E-state index contributed by atoms with van der Waals surface area (Å²) in [5.74, 6) is 0.144. The summed E-state index contributed by atoms with van der Waals surface area (Å²) in [5.41, 5.74) is -0.491. The van der Waals surface area contributed by atoms with E-state index in [4.69, 9.17) is 9.47 Å². The number of piperidine rings is 1. The van der Waals surface area contributed by atoms with Crippen LogP contribution in [0.5, 0.6) is 0 Å². The highest BCUT2D eigenvalue weighted by Crippen LogP contribution is 2.18. The van der Waals surface area contributed by atoms with E-state index in [1.165, 1.54) is 0 Å². The van der Waals surface area contributed by atoms with Crippen molar-refractivity contribution in [2.45, 2.75) is 58.1 Å². The molecule has 0 aromatic heterocycles. The molecule has 2 heterocycles. The Kier molecular flexibility index (Phi) is 5.67. The van der Waals surface area contributed by atoms with Crippen LogP contribution < -0.4 is 5.32 Å². The maximum absolute atomic E-state index is 12.3. The molecular weight excluding hydrogens is 284 g/mol. The summed E-state index contributed by atoms with van der Waals surface area (Å²) in [5, 5.41) is 3.09. The number of likely N-dealkylation sites (tertiary alicyclic amines) is 1. The van der Waals surface area contributed by atoms with Gasteiger partial charge in [0.25, 0.3) is 0 Å². The number of carbonyl (C=O) groups is 2. The Morgan fingerprint density at radius 1 is 1.18 bits per heavy atom. The second-order valence-corrected chi connectivity index (χ2v) is 7.16. The maximum atomic E-state index is 12.3. The Morgan fingerprint density at radius 2 is 1.86 bits per heavy atom. The van der Waals surface area contributed by atoms with E-state index in [0.717, 1.165) is 25.7 Å². The Balaban J connectivity index is 1.82. The molecule has 0 radical (unpaired) electrons. The summed E-state index contributed by atoms with van der Waals surface area (Å²) < 4.78 is 10.7. The molecule has 2 fully saturated rings. The summed E-state index contributed by atoms with van der Waals surface area (Å²) in [6.45, 7) is 8.12. The summed E-state index contributed by atoms with van der Waals surface area (Å²) in [6, 6.07) is 0.0246. The van der Waals surface area contributed by atoms with Gasteiger partial charge in [-0.15, -0.1) is 0 Å². The van der Waals surface area contributed by atoms with E-state index in [2.05, 4.69) is 5.32 Å². The lowest BCUT2D eigenvalue weighted by molar-refractivity contribution is -0.129. The number of carbonyl (C=O) groups excluding carboxylic acids is 2. The number of hydrogen-bond acceptors (Lipinski definition) is 4. The smallest absolute Gasteiger partial charge is 0.410 e. The number of hydrogen-bond donors (Lipinski definition) is 1. The third-order valence-electron chi connectivity index (χ3n) is 4.01. The average molecular weight is 312 g/mol. The zero-order chi connectivity index (χ0) is 16.2. The first kappa shape index (κ1) is 17.1. The van der Waals surface area contributed by atoms with Crippen molar-refractivity contribution in [3.05, 3.63) is 0 Å². The van der Waals surface area contributed by atoms with Gasteiger partial charge in [-0.3, -0.25) is 4.79 Å². The van der Waals surface area contributed by atoms with Gasteiger partial charge < -0.3 is 19.7 Å². The van der Waals surface area contributed by atoms with E-state index in [9.17, 15) is 9.59 Å². The normalized spacial score (nSPS) is 24.0. The van der Waals surface area contributed by atoms with Crippen molar-refractivity contribution in [2.75, 3.05) is 26.3 Å². The minimum absolute atomic E-state index is 0.0246. The second-order valence-electron chi connectivity index (χ2n) is 7.16. The maximum Gasteiger partial charge on any atom is 0.410 e. The highest BCUT2D eigenvalue weighted by atomic mass is 16.6. The SMILES string of the molecule is CC(C)(C)OC(=O)N1CCC[C@H](NC(=O)C2CCOCC2)C1. The van der Waals surface area contributed by atoms with Crippen LogP contribution in [0.2, 0.25) is 0 Å². The Morgan fingerprint density at radius 3 is 2.50 bits per heavy atom. The first-order chi connectivity index (χ1) is 10.3. The van der Waals surface area contributed by atoms with Crippen LogP contribution >= 0.6 is 0 Å². The van der Waals surface area contributed by atoms with Crippen molar-refractivity contribution < 1.29 is 19.1 Å². The third-order valence-corrected chi connectivity index (χ3v) is 4.01. The number of ether oxygens (including phenoxy) is 2. The van der Waals surface area contributed by atoms with Gasteiger partial charge in [-0.2, -0.15) is 0 Å².